The van der Waals surface area contributed by atoms with Crippen molar-refractivity contribution in [3.05, 3.63) is 29.3 Å². The summed E-state index contributed by atoms with van der Waals surface area (Å²) < 4.78 is 5.26. The summed E-state index contributed by atoms with van der Waals surface area (Å²) in [7, 11) is 0. The first-order chi connectivity index (χ1) is 10.4. The maximum atomic E-state index is 12.0. The number of aryl methyl sites for hydroxylation is 1. The van der Waals surface area contributed by atoms with E-state index in [0.29, 0.717) is 17.7 Å². The van der Waals surface area contributed by atoms with Crippen LogP contribution in [0, 0.1) is 12.3 Å². The van der Waals surface area contributed by atoms with Crippen molar-refractivity contribution in [2.24, 2.45) is 5.41 Å². The van der Waals surface area contributed by atoms with Gasteiger partial charge >= 0.3 is 12.1 Å². The molecule has 1 aliphatic carbocycles. The number of benzene rings is 1. The Labute approximate surface area is 137 Å². The van der Waals surface area contributed by atoms with Crippen LogP contribution in [0.25, 0.3) is 0 Å². The predicted molar refractivity (Wildman–Crippen MR) is 88.7 cm³/mol. The third kappa shape index (κ3) is 3.19. The molecule has 0 aliphatic heterocycles. The molecule has 1 aromatic rings. The molecule has 23 heavy (non-hydrogen) atoms. The van der Waals surface area contributed by atoms with Crippen molar-refractivity contribution in [1.82, 2.24) is 0 Å². The van der Waals surface area contributed by atoms with Crippen molar-refractivity contribution in [3.8, 4) is 0 Å². The van der Waals surface area contributed by atoms with Gasteiger partial charge in [-0.05, 0) is 56.7 Å². The van der Waals surface area contributed by atoms with E-state index in [4.69, 9.17) is 4.74 Å². The van der Waals surface area contributed by atoms with Gasteiger partial charge in [0.15, 0.2) is 0 Å². The van der Waals surface area contributed by atoms with Gasteiger partial charge in [0, 0.05) is 5.69 Å². The molecular weight excluding hydrogens is 294 g/mol. The smallest absolute Gasteiger partial charge is 0.412 e. The highest BCUT2D eigenvalue weighted by Gasteiger charge is 2.67. The van der Waals surface area contributed by atoms with Gasteiger partial charge in [0.05, 0.1) is 5.41 Å². The van der Waals surface area contributed by atoms with Crippen LogP contribution in [0.5, 0.6) is 0 Å². The number of carboxylic acids is 1. The van der Waals surface area contributed by atoms with E-state index in [1.807, 2.05) is 32.9 Å². The number of anilines is 1. The van der Waals surface area contributed by atoms with E-state index in [1.54, 1.807) is 26.8 Å². The Kier molecular flexibility index (Phi) is 3.95. The summed E-state index contributed by atoms with van der Waals surface area (Å²) in [5.74, 6) is -0.824. The zero-order valence-corrected chi connectivity index (χ0v) is 14.6. The molecule has 2 N–H and O–H groups in total. The molecule has 0 bridgehead atoms. The minimum Gasteiger partial charge on any atom is -0.481 e. The van der Waals surface area contributed by atoms with Gasteiger partial charge < -0.3 is 9.84 Å². The lowest BCUT2D eigenvalue weighted by molar-refractivity contribution is -0.141. The molecule has 1 atom stereocenters. The molecule has 5 heteroatoms. The van der Waals surface area contributed by atoms with E-state index in [9.17, 15) is 14.7 Å². The number of aliphatic carboxylic acids is 1. The van der Waals surface area contributed by atoms with Gasteiger partial charge in [0.2, 0.25) is 0 Å². The van der Waals surface area contributed by atoms with Crippen molar-refractivity contribution in [1.29, 1.82) is 0 Å². The fraction of sp³-hybridized carbons (Fsp3) is 0.556. The van der Waals surface area contributed by atoms with Crippen LogP contribution in [-0.4, -0.2) is 22.8 Å². The molecule has 1 aromatic carbocycles. The maximum absolute atomic E-state index is 12.0. The SMILES string of the molecule is Cc1ccc(C2(C(=O)O)CC2(C)C)cc1NC(=O)OC(C)(C)C. The Hall–Kier alpha value is -2.04. The Balaban J connectivity index is 2.31. The lowest BCUT2D eigenvalue weighted by Gasteiger charge is -2.21. The molecule has 2 rings (SSSR count). The normalized spacial score (nSPS) is 22.3. The average molecular weight is 319 g/mol. The van der Waals surface area contributed by atoms with E-state index in [-0.39, 0.29) is 5.41 Å². The third-order valence-electron chi connectivity index (χ3n) is 4.47. The van der Waals surface area contributed by atoms with Crippen LogP contribution < -0.4 is 5.32 Å². The number of rotatable bonds is 3. The number of hydrogen-bond donors (Lipinski definition) is 2. The minimum atomic E-state index is -0.884. The molecule has 0 heterocycles. The highest BCUT2D eigenvalue weighted by Crippen LogP contribution is 2.64. The molecule has 5 nitrogen and oxygen atoms in total. The van der Waals surface area contributed by atoms with Crippen LogP contribution in [0.3, 0.4) is 0 Å². The van der Waals surface area contributed by atoms with E-state index >= 15 is 0 Å². The molecule has 0 saturated heterocycles. The second-order valence-corrected chi connectivity index (χ2v) is 7.93. The molecule has 1 saturated carbocycles. The number of ether oxygens (including phenoxy) is 1. The van der Waals surface area contributed by atoms with Crippen LogP contribution >= 0.6 is 0 Å². The molecule has 1 aliphatic rings. The summed E-state index contributed by atoms with van der Waals surface area (Å²) in [4.78, 5) is 23.8. The van der Waals surface area contributed by atoms with Gasteiger partial charge in [-0.3, -0.25) is 10.1 Å². The second-order valence-electron chi connectivity index (χ2n) is 7.93. The summed E-state index contributed by atoms with van der Waals surface area (Å²) in [6.07, 6.45) is 0.0433. The molecule has 0 aromatic heterocycles. The molecule has 1 fully saturated rings. The molecule has 0 radical (unpaired) electrons. The zero-order chi connectivity index (χ0) is 17.6. The first kappa shape index (κ1) is 17.3. The lowest BCUT2D eigenvalue weighted by atomic mass is 9.87. The molecule has 1 unspecified atom stereocenters. The van der Waals surface area contributed by atoms with E-state index in [1.165, 1.54) is 0 Å². The van der Waals surface area contributed by atoms with Gasteiger partial charge in [-0.25, -0.2) is 4.79 Å². The van der Waals surface area contributed by atoms with Gasteiger partial charge in [0.1, 0.15) is 5.60 Å². The molecule has 1 amide bonds. The first-order valence-corrected chi connectivity index (χ1v) is 7.74. The van der Waals surface area contributed by atoms with Gasteiger partial charge in [-0.1, -0.05) is 26.0 Å². The Morgan fingerprint density at radius 3 is 2.26 bits per heavy atom. The first-order valence-electron chi connectivity index (χ1n) is 7.74. The standard InChI is InChI=1S/C18H25NO4/c1-11-7-8-12(18(14(20)21)10-17(18,5)6)9-13(11)19-15(22)23-16(2,3)4/h7-9H,10H2,1-6H3,(H,19,22)(H,20,21). The minimum absolute atomic E-state index is 0.294. The van der Waals surface area contributed by atoms with Gasteiger partial charge in [-0.2, -0.15) is 0 Å². The predicted octanol–water partition coefficient (Wildman–Crippen LogP) is 4.09. The Morgan fingerprint density at radius 2 is 1.83 bits per heavy atom. The number of carbonyl (C=O) groups excluding carboxylic acids is 1. The monoisotopic (exact) mass is 319 g/mol. The van der Waals surface area contributed by atoms with Crippen molar-refractivity contribution >= 4 is 17.7 Å². The molecule has 126 valence electrons. The highest BCUT2D eigenvalue weighted by molar-refractivity contribution is 5.89. The molecular formula is C18H25NO4. The van der Waals surface area contributed by atoms with Crippen LogP contribution in [0.1, 0.15) is 52.2 Å². The molecule has 0 spiro atoms. The summed E-state index contributed by atoms with van der Waals surface area (Å²) in [5.41, 5.74) is 0.393. The van der Waals surface area contributed by atoms with E-state index in [0.717, 1.165) is 5.56 Å². The van der Waals surface area contributed by atoms with Crippen molar-refractivity contribution in [2.75, 3.05) is 5.32 Å². The Morgan fingerprint density at radius 1 is 1.26 bits per heavy atom. The topological polar surface area (TPSA) is 75.6 Å². The zero-order valence-electron chi connectivity index (χ0n) is 14.6. The van der Waals surface area contributed by atoms with E-state index < -0.39 is 23.1 Å². The lowest BCUT2D eigenvalue weighted by Crippen LogP contribution is -2.28. The summed E-state index contributed by atoms with van der Waals surface area (Å²) >= 11 is 0. The van der Waals surface area contributed by atoms with Crippen molar-refractivity contribution in [3.63, 3.8) is 0 Å². The van der Waals surface area contributed by atoms with Gasteiger partial charge in [-0.15, -0.1) is 0 Å². The van der Waals surface area contributed by atoms with Crippen molar-refractivity contribution < 1.29 is 19.4 Å². The summed E-state index contributed by atoms with van der Waals surface area (Å²) in [6, 6.07) is 5.42. The van der Waals surface area contributed by atoms with Crippen molar-refractivity contribution in [2.45, 2.75) is 59.0 Å². The quantitative estimate of drug-likeness (QED) is 0.879. The van der Waals surface area contributed by atoms with Crippen LogP contribution in [0.15, 0.2) is 18.2 Å². The Bertz CT molecular complexity index is 657. The number of carbonyl (C=O) groups is 2. The fourth-order valence-electron chi connectivity index (χ4n) is 3.04. The fourth-order valence-corrected chi connectivity index (χ4v) is 3.04. The number of carboxylic acid groups (broad SMARTS) is 1. The second kappa shape index (κ2) is 5.25. The number of amides is 1. The van der Waals surface area contributed by atoms with Crippen LogP contribution in [-0.2, 0) is 14.9 Å². The van der Waals surface area contributed by atoms with Crippen LogP contribution in [0.4, 0.5) is 10.5 Å². The highest BCUT2D eigenvalue weighted by atomic mass is 16.6. The summed E-state index contributed by atoms with van der Waals surface area (Å²) in [6.45, 7) is 11.1. The third-order valence-corrected chi connectivity index (χ3v) is 4.47. The summed E-state index contributed by atoms with van der Waals surface area (Å²) in [5, 5.41) is 12.4. The number of nitrogens with one attached hydrogen (secondary N) is 1. The largest absolute Gasteiger partial charge is 0.481 e. The van der Waals surface area contributed by atoms with E-state index in [2.05, 4.69) is 5.32 Å². The average Bonchev–Trinajstić information content (AvgIpc) is 2.94. The van der Waals surface area contributed by atoms with Gasteiger partial charge in [0.25, 0.3) is 0 Å². The number of hydrogen-bond acceptors (Lipinski definition) is 3. The van der Waals surface area contributed by atoms with Crippen LogP contribution in [0.2, 0.25) is 0 Å². The maximum Gasteiger partial charge on any atom is 0.412 e.